The number of hydrogen-bond donors (Lipinski definition) is 1. The highest BCUT2D eigenvalue weighted by Crippen LogP contribution is 2.38. The summed E-state index contributed by atoms with van der Waals surface area (Å²) in [6.45, 7) is 0.337. The average molecular weight is 411 g/mol. The number of nitrogens with zero attached hydrogens (tertiary/aromatic N) is 3. The maximum atomic E-state index is 12.5. The predicted octanol–water partition coefficient (Wildman–Crippen LogP) is 1.78. The predicted molar refractivity (Wildman–Crippen MR) is 95.4 cm³/mol. The largest absolute Gasteiger partial charge is 0.350 e. The van der Waals surface area contributed by atoms with Gasteiger partial charge in [-0.2, -0.15) is 8.42 Å². The Morgan fingerprint density at radius 2 is 1.96 bits per heavy atom. The van der Waals surface area contributed by atoms with Crippen molar-refractivity contribution in [3.8, 4) is 0 Å². The van der Waals surface area contributed by atoms with Crippen molar-refractivity contribution >= 4 is 43.4 Å². The van der Waals surface area contributed by atoms with Crippen molar-refractivity contribution in [3.63, 3.8) is 0 Å². The number of halogens is 1. The van der Waals surface area contributed by atoms with Gasteiger partial charge in [-0.25, -0.2) is 4.31 Å². The standard InChI is InChI=1S/C15H15BrN4O3S/c1-19-13-4-2-3-5-14(13)20(24(19,22)23)7-6-18-15(21)11-8-12(16)10-17-9-11/h2-5,8-10H,6-7H2,1H3,(H,18,21). The molecule has 0 aliphatic carbocycles. The topological polar surface area (TPSA) is 82.6 Å². The third-order valence-electron chi connectivity index (χ3n) is 3.68. The number of amides is 1. The molecule has 0 saturated carbocycles. The second kappa shape index (κ2) is 6.40. The zero-order chi connectivity index (χ0) is 17.3. The lowest BCUT2D eigenvalue weighted by molar-refractivity contribution is 0.0954. The van der Waals surface area contributed by atoms with Crippen LogP contribution in [0.2, 0.25) is 0 Å². The third kappa shape index (κ3) is 2.96. The van der Waals surface area contributed by atoms with Crippen molar-refractivity contribution < 1.29 is 13.2 Å². The van der Waals surface area contributed by atoms with Gasteiger partial charge in [0.15, 0.2) is 0 Å². The van der Waals surface area contributed by atoms with Gasteiger partial charge in [0, 0.05) is 30.5 Å². The molecule has 1 aliphatic heterocycles. The number of benzene rings is 1. The van der Waals surface area contributed by atoms with Gasteiger partial charge in [-0.1, -0.05) is 12.1 Å². The van der Waals surface area contributed by atoms with Crippen LogP contribution in [0, 0.1) is 0 Å². The second-order valence-corrected chi connectivity index (χ2v) is 7.98. The van der Waals surface area contributed by atoms with Crippen molar-refractivity contribution in [2.45, 2.75) is 0 Å². The van der Waals surface area contributed by atoms with Crippen LogP contribution in [0.15, 0.2) is 47.2 Å². The van der Waals surface area contributed by atoms with E-state index in [4.69, 9.17) is 0 Å². The van der Waals surface area contributed by atoms with E-state index < -0.39 is 10.2 Å². The van der Waals surface area contributed by atoms with Crippen LogP contribution in [0.3, 0.4) is 0 Å². The quantitative estimate of drug-likeness (QED) is 0.832. The van der Waals surface area contributed by atoms with E-state index in [1.807, 2.05) is 0 Å². The number of carbonyl (C=O) groups excluding carboxylic acids is 1. The number of aromatic nitrogens is 1. The Hall–Kier alpha value is -2.13. The molecule has 0 atom stereocenters. The molecule has 3 rings (SSSR count). The Bertz CT molecular complexity index is 888. The fraction of sp³-hybridized carbons (Fsp3) is 0.200. The number of nitrogens with one attached hydrogen (secondary N) is 1. The van der Waals surface area contributed by atoms with Crippen LogP contribution in [0.5, 0.6) is 0 Å². The van der Waals surface area contributed by atoms with Crippen LogP contribution in [-0.4, -0.2) is 39.4 Å². The molecule has 2 heterocycles. The van der Waals surface area contributed by atoms with Crippen LogP contribution in [0.25, 0.3) is 0 Å². The lowest BCUT2D eigenvalue weighted by atomic mass is 10.2. The smallest absolute Gasteiger partial charge is 0.326 e. The van der Waals surface area contributed by atoms with Crippen molar-refractivity contribution in [3.05, 3.63) is 52.8 Å². The van der Waals surface area contributed by atoms with Crippen molar-refractivity contribution in [1.29, 1.82) is 0 Å². The Morgan fingerprint density at radius 1 is 1.25 bits per heavy atom. The van der Waals surface area contributed by atoms with Gasteiger partial charge in [-0.3, -0.25) is 14.1 Å². The van der Waals surface area contributed by atoms with E-state index in [1.54, 1.807) is 36.5 Å². The van der Waals surface area contributed by atoms with E-state index in [9.17, 15) is 13.2 Å². The first-order valence-electron chi connectivity index (χ1n) is 7.15. The number of hydrogen-bond acceptors (Lipinski definition) is 4. The van der Waals surface area contributed by atoms with Crippen molar-refractivity contribution in [1.82, 2.24) is 10.3 Å². The minimum atomic E-state index is -3.60. The first kappa shape index (κ1) is 16.7. The zero-order valence-electron chi connectivity index (χ0n) is 12.8. The summed E-state index contributed by atoms with van der Waals surface area (Å²) < 4.78 is 28.2. The summed E-state index contributed by atoms with van der Waals surface area (Å²) in [5.74, 6) is -0.304. The van der Waals surface area contributed by atoms with Crippen LogP contribution < -0.4 is 13.9 Å². The molecule has 24 heavy (non-hydrogen) atoms. The van der Waals surface area contributed by atoms with E-state index in [2.05, 4.69) is 26.2 Å². The van der Waals surface area contributed by atoms with E-state index in [0.717, 1.165) is 0 Å². The minimum absolute atomic E-state index is 0.150. The average Bonchev–Trinajstić information content (AvgIpc) is 2.76. The summed E-state index contributed by atoms with van der Waals surface area (Å²) in [5, 5.41) is 2.71. The zero-order valence-corrected chi connectivity index (χ0v) is 15.2. The lowest BCUT2D eigenvalue weighted by Crippen LogP contribution is -2.40. The molecule has 126 valence electrons. The van der Waals surface area contributed by atoms with Crippen molar-refractivity contribution in [2.24, 2.45) is 0 Å². The molecule has 1 N–H and O–H groups in total. The summed E-state index contributed by atoms with van der Waals surface area (Å²) >= 11 is 3.26. The number of anilines is 2. The summed E-state index contributed by atoms with van der Waals surface area (Å²) in [7, 11) is -2.08. The number of para-hydroxylation sites is 2. The maximum absolute atomic E-state index is 12.5. The Morgan fingerprint density at radius 3 is 2.67 bits per heavy atom. The van der Waals surface area contributed by atoms with Gasteiger partial charge < -0.3 is 5.32 Å². The molecule has 0 spiro atoms. The van der Waals surface area contributed by atoms with Crippen LogP contribution >= 0.6 is 15.9 Å². The van der Waals surface area contributed by atoms with Gasteiger partial charge in [0.05, 0.1) is 23.5 Å². The summed E-state index contributed by atoms with van der Waals surface area (Å²) in [6, 6.07) is 8.72. The molecular formula is C15H15BrN4O3S. The molecule has 1 aromatic heterocycles. The molecular weight excluding hydrogens is 396 g/mol. The summed E-state index contributed by atoms with van der Waals surface area (Å²) in [6.07, 6.45) is 3.04. The van der Waals surface area contributed by atoms with E-state index in [0.29, 0.717) is 21.4 Å². The number of rotatable bonds is 4. The number of fused-ring (bicyclic) bond motifs is 1. The second-order valence-electron chi connectivity index (χ2n) is 5.18. The molecule has 9 heteroatoms. The Kier molecular flexibility index (Phi) is 4.46. The number of pyridine rings is 1. The first-order chi connectivity index (χ1) is 11.4. The maximum Gasteiger partial charge on any atom is 0.326 e. The summed E-state index contributed by atoms with van der Waals surface area (Å²) in [4.78, 5) is 16.0. The highest BCUT2D eigenvalue weighted by molar-refractivity contribution is 9.10. The Balaban J connectivity index is 1.70. The highest BCUT2D eigenvalue weighted by atomic mass is 79.9. The molecule has 0 unspecified atom stereocenters. The van der Waals surface area contributed by atoms with Crippen LogP contribution in [-0.2, 0) is 10.2 Å². The lowest BCUT2D eigenvalue weighted by Gasteiger charge is -2.19. The van der Waals surface area contributed by atoms with E-state index in [1.165, 1.54) is 21.9 Å². The molecule has 2 aromatic rings. The van der Waals surface area contributed by atoms with E-state index in [-0.39, 0.29) is 19.0 Å². The molecule has 0 radical (unpaired) electrons. The monoisotopic (exact) mass is 410 g/mol. The minimum Gasteiger partial charge on any atom is -0.350 e. The number of carbonyl (C=O) groups is 1. The first-order valence-corrected chi connectivity index (χ1v) is 9.34. The highest BCUT2D eigenvalue weighted by Gasteiger charge is 2.37. The van der Waals surface area contributed by atoms with Crippen LogP contribution in [0.1, 0.15) is 10.4 Å². The van der Waals surface area contributed by atoms with Gasteiger partial charge in [0.2, 0.25) is 0 Å². The molecule has 7 nitrogen and oxygen atoms in total. The van der Waals surface area contributed by atoms with Gasteiger partial charge in [-0.15, -0.1) is 0 Å². The SMILES string of the molecule is CN1c2ccccc2N(CCNC(=O)c2cncc(Br)c2)S1(=O)=O. The molecule has 0 saturated heterocycles. The van der Waals surface area contributed by atoms with E-state index >= 15 is 0 Å². The van der Waals surface area contributed by atoms with Gasteiger partial charge in [-0.05, 0) is 34.1 Å². The fourth-order valence-corrected chi connectivity index (χ4v) is 4.27. The molecule has 1 amide bonds. The third-order valence-corrected chi connectivity index (χ3v) is 5.94. The summed E-state index contributed by atoms with van der Waals surface area (Å²) in [5.41, 5.74) is 1.64. The molecule has 0 bridgehead atoms. The fourth-order valence-electron chi connectivity index (χ4n) is 2.48. The Labute approximate surface area is 148 Å². The normalized spacial score (nSPS) is 15.2. The van der Waals surface area contributed by atoms with Crippen molar-refractivity contribution in [2.75, 3.05) is 28.7 Å². The molecule has 1 aromatic carbocycles. The molecule has 0 fully saturated rings. The molecule has 1 aliphatic rings. The van der Waals surface area contributed by atoms with Gasteiger partial charge >= 0.3 is 10.2 Å². The van der Waals surface area contributed by atoms with Crippen LogP contribution in [0.4, 0.5) is 11.4 Å². The van der Waals surface area contributed by atoms with Gasteiger partial charge in [0.1, 0.15) is 0 Å². The van der Waals surface area contributed by atoms with Gasteiger partial charge in [0.25, 0.3) is 5.91 Å².